The molecule has 0 amide bonds. The molecule has 2 aromatic rings. The number of hydrogen-bond donors (Lipinski definition) is 0. The third-order valence-electron chi connectivity index (χ3n) is 6.58. The van der Waals surface area contributed by atoms with Crippen LogP contribution in [0.1, 0.15) is 44.4 Å². The van der Waals surface area contributed by atoms with E-state index in [0.717, 1.165) is 51.3 Å². The van der Waals surface area contributed by atoms with Crippen molar-refractivity contribution in [1.29, 1.82) is 0 Å². The number of likely N-dealkylation sites (tertiary alicyclic amines) is 1. The topological polar surface area (TPSA) is 34.6 Å². The second-order valence-electron chi connectivity index (χ2n) is 8.79. The number of ether oxygens (including phenoxy) is 2. The zero-order valence-corrected chi connectivity index (χ0v) is 17.1. The first-order valence-corrected chi connectivity index (χ1v) is 10.5. The van der Waals surface area contributed by atoms with Crippen LogP contribution in [0.3, 0.4) is 0 Å². The molecule has 2 saturated heterocycles. The van der Waals surface area contributed by atoms with Crippen LogP contribution in [0.15, 0.2) is 54.7 Å². The first-order valence-electron chi connectivity index (χ1n) is 10.5. The van der Waals surface area contributed by atoms with Gasteiger partial charge in [0.1, 0.15) is 0 Å². The maximum atomic E-state index is 6.26. The second kappa shape index (κ2) is 8.32. The van der Waals surface area contributed by atoms with Crippen LogP contribution in [-0.2, 0) is 21.6 Å². The van der Waals surface area contributed by atoms with E-state index in [0.29, 0.717) is 12.7 Å². The highest BCUT2D eigenvalue weighted by molar-refractivity contribution is 5.16. The van der Waals surface area contributed by atoms with Gasteiger partial charge in [-0.1, -0.05) is 36.4 Å². The molecule has 2 aliphatic heterocycles. The van der Waals surface area contributed by atoms with Gasteiger partial charge in [-0.25, -0.2) is 0 Å². The number of pyridine rings is 1. The average molecular weight is 381 g/mol. The first-order chi connectivity index (χ1) is 13.6. The predicted octanol–water partition coefficient (Wildman–Crippen LogP) is 4.40. The highest BCUT2D eigenvalue weighted by Gasteiger charge is 2.50. The molecule has 1 aromatic carbocycles. The van der Waals surface area contributed by atoms with Crippen LogP contribution in [0, 0.1) is 5.41 Å². The molecule has 150 valence electrons. The van der Waals surface area contributed by atoms with E-state index in [-0.39, 0.29) is 11.0 Å². The molecule has 2 fully saturated rings. The van der Waals surface area contributed by atoms with E-state index in [4.69, 9.17) is 9.47 Å². The van der Waals surface area contributed by atoms with Crippen molar-refractivity contribution in [2.75, 3.05) is 26.3 Å². The molecule has 3 heterocycles. The summed E-state index contributed by atoms with van der Waals surface area (Å²) in [7, 11) is 0. The van der Waals surface area contributed by atoms with Crippen molar-refractivity contribution in [2.24, 2.45) is 5.41 Å². The SMILES string of the molecule is CC(C)(c1ccccn1)N1CC[C@](COCc2ccccc2)([C@H]2CCCO2)C1. The van der Waals surface area contributed by atoms with Crippen LogP contribution in [0.2, 0.25) is 0 Å². The van der Waals surface area contributed by atoms with Gasteiger partial charge in [0.05, 0.1) is 30.6 Å². The second-order valence-corrected chi connectivity index (χ2v) is 8.79. The summed E-state index contributed by atoms with van der Waals surface area (Å²) in [6, 6.07) is 16.6. The standard InChI is InChI=1S/C24H32N2O2/c1-23(2,21-11-6-7-14-25-21)26-15-13-24(18-26,22-12-8-16-28-22)19-27-17-20-9-4-3-5-10-20/h3-7,9-11,14,22H,8,12-13,15-19H2,1-2H3/t22-,24+/m1/s1. The van der Waals surface area contributed by atoms with E-state index in [1.807, 2.05) is 18.3 Å². The molecule has 0 unspecified atom stereocenters. The van der Waals surface area contributed by atoms with Crippen molar-refractivity contribution in [1.82, 2.24) is 9.88 Å². The van der Waals surface area contributed by atoms with E-state index >= 15 is 0 Å². The normalized spacial score (nSPS) is 26.0. The van der Waals surface area contributed by atoms with E-state index < -0.39 is 0 Å². The Kier molecular flexibility index (Phi) is 5.81. The van der Waals surface area contributed by atoms with Gasteiger partial charge >= 0.3 is 0 Å². The number of hydrogen-bond acceptors (Lipinski definition) is 4. The van der Waals surface area contributed by atoms with Crippen molar-refractivity contribution < 1.29 is 9.47 Å². The van der Waals surface area contributed by atoms with Crippen LogP contribution in [-0.4, -0.2) is 42.3 Å². The molecule has 0 saturated carbocycles. The summed E-state index contributed by atoms with van der Waals surface area (Å²) in [6.45, 7) is 8.92. The van der Waals surface area contributed by atoms with Crippen LogP contribution < -0.4 is 0 Å². The van der Waals surface area contributed by atoms with Gasteiger partial charge < -0.3 is 9.47 Å². The van der Waals surface area contributed by atoms with Crippen molar-refractivity contribution >= 4 is 0 Å². The van der Waals surface area contributed by atoms with E-state index in [1.165, 1.54) is 5.56 Å². The van der Waals surface area contributed by atoms with Gasteiger partial charge in [-0.3, -0.25) is 9.88 Å². The largest absolute Gasteiger partial charge is 0.377 e. The van der Waals surface area contributed by atoms with Gasteiger partial charge in [-0.05, 0) is 57.4 Å². The Morgan fingerprint density at radius 1 is 1.18 bits per heavy atom. The summed E-state index contributed by atoms with van der Waals surface area (Å²) in [5.41, 5.74) is 2.33. The third kappa shape index (κ3) is 4.00. The molecule has 4 heteroatoms. The zero-order valence-electron chi connectivity index (χ0n) is 17.1. The zero-order chi connectivity index (χ0) is 19.5. The first kappa shape index (κ1) is 19.6. The molecule has 0 spiro atoms. The minimum absolute atomic E-state index is 0.0668. The smallest absolute Gasteiger partial charge is 0.0717 e. The summed E-state index contributed by atoms with van der Waals surface area (Å²) in [5.74, 6) is 0. The van der Waals surface area contributed by atoms with Gasteiger partial charge in [-0.15, -0.1) is 0 Å². The van der Waals surface area contributed by atoms with Crippen LogP contribution in [0.25, 0.3) is 0 Å². The summed E-state index contributed by atoms with van der Waals surface area (Å²) >= 11 is 0. The van der Waals surface area contributed by atoms with Gasteiger partial charge in [-0.2, -0.15) is 0 Å². The predicted molar refractivity (Wildman–Crippen MR) is 111 cm³/mol. The Hall–Kier alpha value is -1.75. The lowest BCUT2D eigenvalue weighted by Crippen LogP contribution is -2.46. The highest BCUT2D eigenvalue weighted by Crippen LogP contribution is 2.44. The number of nitrogens with zero attached hydrogens (tertiary/aromatic N) is 2. The van der Waals surface area contributed by atoms with E-state index in [1.54, 1.807) is 0 Å². The molecule has 4 nitrogen and oxygen atoms in total. The van der Waals surface area contributed by atoms with E-state index in [9.17, 15) is 0 Å². The molecular weight excluding hydrogens is 348 g/mol. The molecule has 2 aliphatic rings. The summed E-state index contributed by atoms with van der Waals surface area (Å²) in [6.07, 6.45) is 5.61. The van der Waals surface area contributed by atoms with Crippen molar-refractivity contribution in [2.45, 2.75) is 51.4 Å². The number of aromatic nitrogens is 1. The number of rotatable bonds is 7. The quantitative estimate of drug-likeness (QED) is 0.713. The van der Waals surface area contributed by atoms with Gasteiger partial charge in [0, 0.05) is 24.8 Å². The average Bonchev–Trinajstić information content (AvgIpc) is 3.41. The lowest BCUT2D eigenvalue weighted by molar-refractivity contribution is -0.0596. The summed E-state index contributed by atoms with van der Waals surface area (Å²) in [4.78, 5) is 7.21. The fraction of sp³-hybridized carbons (Fsp3) is 0.542. The molecule has 2 atom stereocenters. The monoisotopic (exact) mass is 380 g/mol. The maximum Gasteiger partial charge on any atom is 0.0717 e. The van der Waals surface area contributed by atoms with E-state index in [2.05, 4.69) is 60.1 Å². The summed E-state index contributed by atoms with van der Waals surface area (Å²) in [5, 5.41) is 0. The minimum Gasteiger partial charge on any atom is -0.377 e. The molecule has 0 aliphatic carbocycles. The molecule has 28 heavy (non-hydrogen) atoms. The third-order valence-corrected chi connectivity index (χ3v) is 6.58. The molecule has 1 aromatic heterocycles. The maximum absolute atomic E-state index is 6.26. The minimum atomic E-state index is -0.0962. The lowest BCUT2D eigenvalue weighted by Gasteiger charge is -2.39. The molecule has 4 rings (SSSR count). The van der Waals surface area contributed by atoms with Crippen molar-refractivity contribution in [3.05, 3.63) is 66.0 Å². The Morgan fingerprint density at radius 3 is 2.71 bits per heavy atom. The van der Waals surface area contributed by atoms with Crippen LogP contribution >= 0.6 is 0 Å². The number of benzene rings is 1. The Morgan fingerprint density at radius 2 is 2.00 bits per heavy atom. The molecular formula is C24H32N2O2. The van der Waals surface area contributed by atoms with Crippen LogP contribution in [0.4, 0.5) is 0 Å². The van der Waals surface area contributed by atoms with Crippen molar-refractivity contribution in [3.8, 4) is 0 Å². The Balaban J connectivity index is 1.48. The van der Waals surface area contributed by atoms with Gasteiger partial charge in [0.2, 0.25) is 0 Å². The van der Waals surface area contributed by atoms with Crippen molar-refractivity contribution in [3.63, 3.8) is 0 Å². The molecule has 0 radical (unpaired) electrons. The molecule has 0 N–H and O–H groups in total. The fourth-order valence-electron chi connectivity index (χ4n) is 4.74. The lowest BCUT2D eigenvalue weighted by atomic mass is 9.80. The van der Waals surface area contributed by atoms with Crippen LogP contribution in [0.5, 0.6) is 0 Å². The summed E-state index contributed by atoms with van der Waals surface area (Å²) < 4.78 is 12.5. The van der Waals surface area contributed by atoms with Gasteiger partial charge in [0.15, 0.2) is 0 Å². The highest BCUT2D eigenvalue weighted by atomic mass is 16.5. The molecule has 0 bridgehead atoms. The Labute approximate surface area is 168 Å². The fourth-order valence-corrected chi connectivity index (χ4v) is 4.74. The Bertz CT molecular complexity index is 744. The van der Waals surface area contributed by atoms with Gasteiger partial charge in [0.25, 0.3) is 0 Å².